The molecule has 0 spiro atoms. The predicted octanol–water partition coefficient (Wildman–Crippen LogP) is 1.55. The number of halogens is 1. The molecule has 2 N–H and O–H groups in total. The average molecular weight is 424 g/mol. The summed E-state index contributed by atoms with van der Waals surface area (Å²) in [6, 6.07) is 0. The van der Waals surface area contributed by atoms with E-state index in [-0.39, 0.29) is 24.0 Å². The van der Waals surface area contributed by atoms with E-state index in [1.807, 2.05) is 14.0 Å². The van der Waals surface area contributed by atoms with Gasteiger partial charge in [0, 0.05) is 33.4 Å². The van der Waals surface area contributed by atoms with Crippen molar-refractivity contribution in [3.8, 4) is 0 Å². The van der Waals surface area contributed by atoms with Gasteiger partial charge in [0.15, 0.2) is 5.96 Å². The van der Waals surface area contributed by atoms with E-state index in [1.165, 1.54) is 6.33 Å². The van der Waals surface area contributed by atoms with Crippen molar-refractivity contribution in [3.05, 3.63) is 12.2 Å². The van der Waals surface area contributed by atoms with E-state index in [0.29, 0.717) is 12.5 Å². The normalized spacial score (nSPS) is 11.4. The minimum absolute atomic E-state index is 0. The van der Waals surface area contributed by atoms with E-state index in [9.17, 15) is 0 Å². The lowest BCUT2D eigenvalue weighted by molar-refractivity contribution is 0.108. The van der Waals surface area contributed by atoms with Gasteiger partial charge in [-0.1, -0.05) is 13.8 Å². The van der Waals surface area contributed by atoms with Crippen molar-refractivity contribution in [1.29, 1.82) is 0 Å². The number of hydrogen-bond donors (Lipinski definition) is 2. The summed E-state index contributed by atoms with van der Waals surface area (Å²) >= 11 is 0. The van der Waals surface area contributed by atoms with Crippen LogP contribution in [0.5, 0.6) is 0 Å². The van der Waals surface area contributed by atoms with Crippen LogP contribution in [-0.4, -0.2) is 47.0 Å². The Morgan fingerprint density at radius 1 is 1.41 bits per heavy atom. The van der Waals surface area contributed by atoms with E-state index < -0.39 is 0 Å². The Balaban J connectivity index is 0.00000441. The van der Waals surface area contributed by atoms with Crippen LogP contribution >= 0.6 is 24.0 Å². The largest absolute Gasteiger partial charge is 0.381 e. The molecule has 22 heavy (non-hydrogen) atoms. The van der Waals surface area contributed by atoms with Crippen LogP contribution in [0.3, 0.4) is 0 Å². The molecule has 7 nitrogen and oxygen atoms in total. The Morgan fingerprint density at radius 2 is 2.18 bits per heavy atom. The van der Waals surface area contributed by atoms with Gasteiger partial charge in [0.05, 0.1) is 0 Å². The van der Waals surface area contributed by atoms with Crippen molar-refractivity contribution in [2.75, 3.05) is 26.3 Å². The minimum Gasteiger partial charge on any atom is -0.381 e. The SMILES string of the molecule is CCNC(=NCc1ncnn1C)NCCCOCC(C)C.I. The second kappa shape index (κ2) is 12.6. The zero-order chi connectivity index (χ0) is 15.5. The molecule has 1 aromatic heterocycles. The van der Waals surface area contributed by atoms with Crippen LogP contribution in [0.2, 0.25) is 0 Å². The molecule has 0 unspecified atom stereocenters. The number of rotatable bonds is 9. The van der Waals surface area contributed by atoms with Crippen molar-refractivity contribution in [2.45, 2.75) is 33.7 Å². The summed E-state index contributed by atoms with van der Waals surface area (Å²) < 4.78 is 7.28. The van der Waals surface area contributed by atoms with E-state index >= 15 is 0 Å². The van der Waals surface area contributed by atoms with Gasteiger partial charge in [-0.25, -0.2) is 9.98 Å². The topological polar surface area (TPSA) is 76.4 Å². The third-order valence-electron chi connectivity index (χ3n) is 2.74. The summed E-state index contributed by atoms with van der Waals surface area (Å²) in [7, 11) is 1.87. The highest BCUT2D eigenvalue weighted by molar-refractivity contribution is 14.0. The molecule has 0 aromatic carbocycles. The summed E-state index contributed by atoms with van der Waals surface area (Å²) in [4.78, 5) is 8.65. The number of aliphatic imine (C=N–C) groups is 1. The van der Waals surface area contributed by atoms with Crippen molar-refractivity contribution >= 4 is 29.9 Å². The fourth-order valence-corrected chi connectivity index (χ4v) is 1.65. The summed E-state index contributed by atoms with van der Waals surface area (Å²) in [5, 5.41) is 10.5. The number of guanidine groups is 1. The zero-order valence-corrected chi connectivity index (χ0v) is 16.3. The number of nitrogens with one attached hydrogen (secondary N) is 2. The Morgan fingerprint density at radius 3 is 2.77 bits per heavy atom. The molecular formula is C14H29IN6O. The summed E-state index contributed by atoms with van der Waals surface area (Å²) in [6.07, 6.45) is 2.50. The quantitative estimate of drug-likeness (QED) is 0.272. The molecule has 1 rings (SSSR count). The van der Waals surface area contributed by atoms with Crippen LogP contribution < -0.4 is 10.6 Å². The molecule has 0 aliphatic rings. The van der Waals surface area contributed by atoms with Gasteiger partial charge in [-0.15, -0.1) is 24.0 Å². The number of ether oxygens (including phenoxy) is 1. The molecule has 0 saturated heterocycles. The first-order valence-corrected chi connectivity index (χ1v) is 7.56. The Labute approximate surface area is 150 Å². The maximum atomic E-state index is 5.55. The molecule has 0 aliphatic carbocycles. The second-order valence-electron chi connectivity index (χ2n) is 5.24. The van der Waals surface area contributed by atoms with E-state index in [1.54, 1.807) is 4.68 Å². The van der Waals surface area contributed by atoms with E-state index in [0.717, 1.165) is 44.5 Å². The Hall–Kier alpha value is -0.900. The first-order valence-electron chi connectivity index (χ1n) is 7.56. The minimum atomic E-state index is 0. The highest BCUT2D eigenvalue weighted by Gasteiger charge is 2.01. The standard InChI is InChI=1S/C14H28N6O.HI/c1-5-15-14(16-7-6-8-21-10-12(2)3)17-9-13-18-11-19-20(13)4;/h11-12H,5-10H2,1-4H3,(H2,15,16,17);1H. The smallest absolute Gasteiger partial charge is 0.191 e. The summed E-state index contributed by atoms with van der Waals surface area (Å²) in [5.74, 6) is 2.22. The predicted molar refractivity (Wildman–Crippen MR) is 99.5 cm³/mol. The van der Waals surface area contributed by atoms with Gasteiger partial charge < -0.3 is 15.4 Å². The van der Waals surface area contributed by atoms with Crippen molar-refractivity contribution in [2.24, 2.45) is 18.0 Å². The molecule has 0 amide bonds. The second-order valence-corrected chi connectivity index (χ2v) is 5.24. The molecule has 0 aliphatic heterocycles. The molecule has 1 heterocycles. The van der Waals surface area contributed by atoms with Crippen LogP contribution in [0.1, 0.15) is 33.0 Å². The molecule has 0 radical (unpaired) electrons. The van der Waals surface area contributed by atoms with E-state index in [4.69, 9.17) is 4.74 Å². The van der Waals surface area contributed by atoms with Crippen molar-refractivity contribution in [3.63, 3.8) is 0 Å². The number of aromatic nitrogens is 3. The van der Waals surface area contributed by atoms with Gasteiger partial charge in [0.1, 0.15) is 18.7 Å². The van der Waals surface area contributed by atoms with Gasteiger partial charge >= 0.3 is 0 Å². The molecule has 0 bridgehead atoms. The Bertz CT molecular complexity index is 421. The molecule has 0 atom stereocenters. The molecule has 128 valence electrons. The fraction of sp³-hybridized carbons (Fsp3) is 0.786. The average Bonchev–Trinajstić information content (AvgIpc) is 2.85. The highest BCUT2D eigenvalue weighted by Crippen LogP contribution is 1.94. The van der Waals surface area contributed by atoms with E-state index in [2.05, 4.69) is 39.6 Å². The van der Waals surface area contributed by atoms with Gasteiger partial charge in [-0.05, 0) is 19.3 Å². The van der Waals surface area contributed by atoms with Gasteiger partial charge in [-0.3, -0.25) is 4.68 Å². The maximum Gasteiger partial charge on any atom is 0.191 e. The number of hydrogen-bond acceptors (Lipinski definition) is 4. The fourth-order valence-electron chi connectivity index (χ4n) is 1.65. The van der Waals surface area contributed by atoms with Gasteiger partial charge in [0.2, 0.25) is 0 Å². The van der Waals surface area contributed by atoms with Crippen LogP contribution in [0.4, 0.5) is 0 Å². The lowest BCUT2D eigenvalue weighted by atomic mass is 10.2. The van der Waals surface area contributed by atoms with Crippen molar-refractivity contribution in [1.82, 2.24) is 25.4 Å². The monoisotopic (exact) mass is 424 g/mol. The third-order valence-corrected chi connectivity index (χ3v) is 2.74. The summed E-state index contributed by atoms with van der Waals surface area (Å²) in [5.41, 5.74) is 0. The first kappa shape index (κ1) is 21.1. The molecule has 0 saturated carbocycles. The van der Waals surface area contributed by atoms with Gasteiger partial charge in [0.25, 0.3) is 0 Å². The lowest BCUT2D eigenvalue weighted by Crippen LogP contribution is -2.38. The highest BCUT2D eigenvalue weighted by atomic mass is 127. The molecule has 8 heteroatoms. The Kier molecular flexibility index (Phi) is 12.1. The van der Waals surface area contributed by atoms with Crippen LogP contribution in [0, 0.1) is 5.92 Å². The number of aryl methyl sites for hydroxylation is 1. The molecule has 1 aromatic rings. The molecular weight excluding hydrogens is 395 g/mol. The van der Waals surface area contributed by atoms with Crippen LogP contribution in [0.25, 0.3) is 0 Å². The summed E-state index contributed by atoms with van der Waals surface area (Å²) in [6.45, 7) is 10.1. The van der Waals surface area contributed by atoms with Crippen molar-refractivity contribution < 1.29 is 4.74 Å². The van der Waals surface area contributed by atoms with Crippen LogP contribution in [-0.2, 0) is 18.3 Å². The lowest BCUT2D eigenvalue weighted by Gasteiger charge is -2.11. The van der Waals surface area contributed by atoms with Gasteiger partial charge in [-0.2, -0.15) is 5.10 Å². The third kappa shape index (κ3) is 9.19. The molecule has 0 fully saturated rings. The zero-order valence-electron chi connectivity index (χ0n) is 14.0. The first-order chi connectivity index (χ1) is 10.1. The number of nitrogens with zero attached hydrogens (tertiary/aromatic N) is 4. The van der Waals surface area contributed by atoms with Crippen LogP contribution in [0.15, 0.2) is 11.3 Å². The maximum absolute atomic E-state index is 5.55.